The molecule has 0 atom stereocenters. The Kier molecular flexibility index (Phi) is 4.71. The van der Waals surface area contributed by atoms with Gasteiger partial charge in [-0.15, -0.1) is 0 Å². The number of nitrogens with zero attached hydrogens (tertiary/aromatic N) is 2. The summed E-state index contributed by atoms with van der Waals surface area (Å²) < 4.78 is 33.1. The lowest BCUT2D eigenvalue weighted by molar-refractivity contribution is 0.0992. The fourth-order valence-corrected chi connectivity index (χ4v) is 3.05. The van der Waals surface area contributed by atoms with Gasteiger partial charge in [0.1, 0.15) is 11.6 Å². The summed E-state index contributed by atoms with van der Waals surface area (Å²) in [7, 11) is 0. The lowest BCUT2D eigenvalue weighted by Crippen LogP contribution is -2.17. The highest BCUT2D eigenvalue weighted by molar-refractivity contribution is 6.13. The number of rotatable bonds is 4. The van der Waals surface area contributed by atoms with Gasteiger partial charge in [-0.1, -0.05) is 35.5 Å². The molecule has 0 bridgehead atoms. The lowest BCUT2D eigenvalue weighted by atomic mass is 10.0. The molecule has 0 spiro atoms. The standard InChI is InChI=1S/C21H14F2N4O3/c1-10-18-13(8-16(26-21(18)30-27-10)11-5-3-2-4-6-11)20(29)25-17-7-12(19(24)28)14(22)9-15(17)23/h2-9H,1H3,(H2,24,28)(H,25,29). The molecule has 4 aromatic rings. The number of anilines is 1. The second-order valence-electron chi connectivity index (χ2n) is 6.50. The van der Waals surface area contributed by atoms with Crippen LogP contribution in [-0.4, -0.2) is 22.0 Å². The first-order chi connectivity index (χ1) is 14.3. The van der Waals surface area contributed by atoms with Gasteiger partial charge < -0.3 is 15.6 Å². The van der Waals surface area contributed by atoms with Crippen molar-refractivity contribution in [2.24, 2.45) is 5.73 Å². The molecule has 2 amide bonds. The van der Waals surface area contributed by atoms with Gasteiger partial charge in [0.15, 0.2) is 0 Å². The molecule has 7 nitrogen and oxygen atoms in total. The van der Waals surface area contributed by atoms with Crippen LogP contribution in [0.4, 0.5) is 14.5 Å². The highest BCUT2D eigenvalue weighted by Gasteiger charge is 2.21. The van der Waals surface area contributed by atoms with E-state index in [1.807, 2.05) is 18.2 Å². The Morgan fingerprint density at radius 3 is 2.47 bits per heavy atom. The third-order valence-corrected chi connectivity index (χ3v) is 4.50. The van der Waals surface area contributed by atoms with Crippen molar-refractivity contribution in [3.05, 3.63) is 77.0 Å². The molecule has 0 aliphatic heterocycles. The largest absolute Gasteiger partial charge is 0.366 e. The van der Waals surface area contributed by atoms with Crippen molar-refractivity contribution in [3.63, 3.8) is 0 Å². The summed E-state index contributed by atoms with van der Waals surface area (Å²) in [6.45, 7) is 1.64. The molecular formula is C21H14F2N4O3. The predicted octanol–water partition coefficient (Wildman–Crippen LogP) is 3.83. The van der Waals surface area contributed by atoms with E-state index in [1.165, 1.54) is 6.07 Å². The van der Waals surface area contributed by atoms with E-state index in [2.05, 4.69) is 15.5 Å². The summed E-state index contributed by atoms with van der Waals surface area (Å²) in [6, 6.07) is 11.9. The summed E-state index contributed by atoms with van der Waals surface area (Å²) in [5.74, 6) is -3.98. The Hall–Kier alpha value is -4.14. The van der Waals surface area contributed by atoms with Crippen LogP contribution in [0, 0.1) is 18.6 Å². The van der Waals surface area contributed by atoms with Crippen molar-refractivity contribution in [1.82, 2.24) is 10.1 Å². The number of nitrogens with one attached hydrogen (secondary N) is 1. The van der Waals surface area contributed by atoms with Crippen molar-refractivity contribution in [3.8, 4) is 11.3 Å². The number of hydrogen-bond acceptors (Lipinski definition) is 5. The molecule has 0 unspecified atom stereocenters. The molecule has 150 valence electrons. The number of aryl methyl sites for hydroxylation is 1. The SMILES string of the molecule is Cc1noc2nc(-c3ccccc3)cc(C(=O)Nc3cc(C(N)=O)c(F)cc3F)c12. The summed E-state index contributed by atoms with van der Waals surface area (Å²) >= 11 is 0. The quantitative estimate of drug-likeness (QED) is 0.533. The molecule has 2 heterocycles. The number of primary amides is 1. The van der Waals surface area contributed by atoms with Crippen molar-refractivity contribution in [1.29, 1.82) is 0 Å². The predicted molar refractivity (Wildman–Crippen MR) is 105 cm³/mol. The minimum absolute atomic E-state index is 0.127. The van der Waals surface area contributed by atoms with Crippen LogP contribution >= 0.6 is 0 Å². The highest BCUT2D eigenvalue weighted by Crippen LogP contribution is 2.28. The highest BCUT2D eigenvalue weighted by atomic mass is 19.1. The fraction of sp³-hybridized carbons (Fsp3) is 0.0476. The molecule has 0 saturated carbocycles. The molecule has 0 fully saturated rings. The fourth-order valence-electron chi connectivity index (χ4n) is 3.05. The van der Waals surface area contributed by atoms with Crippen LogP contribution in [0.3, 0.4) is 0 Å². The minimum atomic E-state index is -1.12. The first kappa shape index (κ1) is 19.2. The zero-order chi connectivity index (χ0) is 21.4. The molecule has 4 rings (SSSR count). The van der Waals surface area contributed by atoms with Crippen LogP contribution in [0.2, 0.25) is 0 Å². The van der Waals surface area contributed by atoms with Gasteiger partial charge in [0, 0.05) is 11.6 Å². The van der Waals surface area contributed by atoms with E-state index in [4.69, 9.17) is 10.3 Å². The molecule has 2 aromatic carbocycles. The van der Waals surface area contributed by atoms with Gasteiger partial charge in [-0.2, -0.15) is 0 Å². The molecule has 0 aliphatic carbocycles. The third-order valence-electron chi connectivity index (χ3n) is 4.50. The number of aromatic nitrogens is 2. The Labute approximate surface area is 168 Å². The normalized spacial score (nSPS) is 10.9. The van der Waals surface area contributed by atoms with Gasteiger partial charge in [-0.25, -0.2) is 13.8 Å². The molecule has 3 N–H and O–H groups in total. The Morgan fingerprint density at radius 1 is 1.03 bits per heavy atom. The zero-order valence-electron chi connectivity index (χ0n) is 15.6. The maximum absolute atomic E-state index is 14.2. The number of nitrogens with two attached hydrogens (primary N) is 1. The second-order valence-corrected chi connectivity index (χ2v) is 6.50. The van der Waals surface area contributed by atoms with Crippen molar-refractivity contribution < 1.29 is 22.9 Å². The lowest BCUT2D eigenvalue weighted by Gasteiger charge is -2.10. The number of halogens is 2. The van der Waals surface area contributed by atoms with Crippen molar-refractivity contribution in [2.45, 2.75) is 6.92 Å². The first-order valence-electron chi connectivity index (χ1n) is 8.78. The average Bonchev–Trinajstić information content (AvgIpc) is 3.10. The van der Waals surface area contributed by atoms with Crippen LogP contribution in [0.25, 0.3) is 22.4 Å². The van der Waals surface area contributed by atoms with Crippen LogP contribution in [0.1, 0.15) is 26.4 Å². The molecule has 9 heteroatoms. The van der Waals surface area contributed by atoms with E-state index >= 15 is 0 Å². The third kappa shape index (κ3) is 3.37. The molecular weight excluding hydrogens is 394 g/mol. The topological polar surface area (TPSA) is 111 Å². The maximum atomic E-state index is 14.2. The Morgan fingerprint density at radius 2 is 1.77 bits per heavy atom. The number of benzene rings is 2. The van der Waals surface area contributed by atoms with Gasteiger partial charge in [-0.05, 0) is 19.1 Å². The van der Waals surface area contributed by atoms with Gasteiger partial charge in [0.25, 0.3) is 17.5 Å². The van der Waals surface area contributed by atoms with Gasteiger partial charge in [0.2, 0.25) is 0 Å². The zero-order valence-corrected chi connectivity index (χ0v) is 15.6. The van der Waals surface area contributed by atoms with E-state index in [9.17, 15) is 18.4 Å². The summed E-state index contributed by atoms with van der Waals surface area (Å²) in [5.41, 5.74) is 6.01. The van der Waals surface area contributed by atoms with Crippen LogP contribution in [0.15, 0.2) is 53.1 Å². The number of hydrogen-bond donors (Lipinski definition) is 2. The maximum Gasteiger partial charge on any atom is 0.259 e. The second kappa shape index (κ2) is 7.36. The van der Waals surface area contributed by atoms with Crippen molar-refractivity contribution in [2.75, 3.05) is 5.32 Å². The van der Waals surface area contributed by atoms with Crippen molar-refractivity contribution >= 4 is 28.6 Å². The van der Waals surface area contributed by atoms with Crippen LogP contribution in [-0.2, 0) is 0 Å². The smallest absolute Gasteiger partial charge is 0.259 e. The van der Waals surface area contributed by atoms with Crippen LogP contribution < -0.4 is 11.1 Å². The summed E-state index contributed by atoms with van der Waals surface area (Å²) in [6.07, 6.45) is 0. The number of pyridine rings is 1. The number of carbonyl (C=O) groups excluding carboxylic acids is 2. The van der Waals surface area contributed by atoms with Gasteiger partial charge in [-0.3, -0.25) is 9.59 Å². The van der Waals surface area contributed by atoms with Crippen LogP contribution in [0.5, 0.6) is 0 Å². The Bertz CT molecular complexity index is 1300. The Balaban J connectivity index is 1.81. The summed E-state index contributed by atoms with van der Waals surface area (Å²) in [5, 5.41) is 6.55. The van der Waals surface area contributed by atoms with E-state index in [0.29, 0.717) is 22.8 Å². The number of carbonyl (C=O) groups is 2. The minimum Gasteiger partial charge on any atom is -0.366 e. The van der Waals surface area contributed by atoms with Gasteiger partial charge in [0.05, 0.1) is 33.6 Å². The molecule has 2 aromatic heterocycles. The van der Waals surface area contributed by atoms with Gasteiger partial charge >= 0.3 is 0 Å². The monoisotopic (exact) mass is 408 g/mol. The molecule has 0 radical (unpaired) electrons. The number of amides is 2. The first-order valence-corrected chi connectivity index (χ1v) is 8.78. The van der Waals surface area contributed by atoms with E-state index in [1.54, 1.807) is 19.1 Å². The average molecular weight is 408 g/mol. The number of fused-ring (bicyclic) bond motifs is 1. The molecule has 0 aliphatic rings. The molecule has 0 saturated heterocycles. The van der Waals surface area contributed by atoms with E-state index in [-0.39, 0.29) is 11.3 Å². The van der Waals surface area contributed by atoms with E-state index in [0.717, 1.165) is 11.6 Å². The van der Waals surface area contributed by atoms with E-state index < -0.39 is 34.7 Å². The molecule has 30 heavy (non-hydrogen) atoms. The summed E-state index contributed by atoms with van der Waals surface area (Å²) in [4.78, 5) is 28.7.